The maximum absolute atomic E-state index is 13.5. The average molecular weight is 677 g/mol. The van der Waals surface area contributed by atoms with Crippen LogP contribution >= 0.6 is 22.6 Å². The lowest BCUT2D eigenvalue weighted by Gasteiger charge is -2.25. The number of carboxylic acids is 1. The Morgan fingerprint density at radius 1 is 0.881 bits per heavy atom. The van der Waals surface area contributed by atoms with E-state index in [0.717, 1.165) is 27.8 Å². The summed E-state index contributed by atoms with van der Waals surface area (Å²) in [4.78, 5) is 38.1. The molecule has 1 aliphatic rings. The monoisotopic (exact) mass is 676 g/mol. The predicted molar refractivity (Wildman–Crippen MR) is 167 cm³/mol. The van der Waals surface area contributed by atoms with Gasteiger partial charge in [0.25, 0.3) is 0 Å². The number of hydrogen-bond donors (Lipinski definition) is 3. The Labute approximate surface area is 257 Å². The summed E-state index contributed by atoms with van der Waals surface area (Å²) in [6.45, 7) is 2.01. The lowest BCUT2D eigenvalue weighted by atomic mass is 9.98. The van der Waals surface area contributed by atoms with Crippen molar-refractivity contribution in [3.05, 3.63) is 123 Å². The Morgan fingerprint density at radius 2 is 1.50 bits per heavy atom. The Balaban J connectivity index is 1.31. The number of ether oxygens (including phenoxy) is 2. The molecule has 3 N–H and O–H groups in total. The number of anilines is 1. The molecule has 4 aromatic carbocycles. The number of carbonyl (C=O) groups is 3. The number of carboxylic acid groups (broad SMARTS) is 1. The predicted octanol–water partition coefficient (Wildman–Crippen LogP) is 6.44. The third kappa shape index (κ3) is 6.80. The minimum Gasteiger partial charge on any atom is -0.478 e. The fraction of sp³-hybridized carbons (Fsp3) is 0.182. The number of hydrogen-bond acceptors (Lipinski definition) is 5. The number of aromatic carboxylic acids is 1. The number of benzene rings is 4. The van der Waals surface area contributed by atoms with E-state index in [-0.39, 0.29) is 24.7 Å². The number of amides is 2. The highest BCUT2D eigenvalue weighted by atomic mass is 127. The molecule has 42 heavy (non-hydrogen) atoms. The molecule has 0 saturated carbocycles. The molecule has 9 heteroatoms. The molecule has 1 aliphatic carbocycles. The summed E-state index contributed by atoms with van der Waals surface area (Å²) in [5.41, 5.74) is 5.61. The van der Waals surface area contributed by atoms with E-state index in [9.17, 15) is 19.5 Å². The topological polar surface area (TPSA) is 114 Å². The molecule has 0 spiro atoms. The second-order valence-electron chi connectivity index (χ2n) is 9.97. The van der Waals surface area contributed by atoms with Gasteiger partial charge in [0.05, 0.1) is 18.3 Å². The molecule has 8 nitrogen and oxygen atoms in total. The van der Waals surface area contributed by atoms with E-state index in [1.165, 1.54) is 12.1 Å². The van der Waals surface area contributed by atoms with E-state index in [0.29, 0.717) is 9.26 Å². The molecule has 0 fully saturated rings. The van der Waals surface area contributed by atoms with E-state index in [1.54, 1.807) is 13.0 Å². The smallest absolute Gasteiger partial charge is 0.407 e. The molecule has 2 amide bonds. The Kier molecular flexibility index (Phi) is 9.19. The summed E-state index contributed by atoms with van der Waals surface area (Å²) in [7, 11) is 0. The van der Waals surface area contributed by atoms with Gasteiger partial charge in [-0.1, -0.05) is 78.9 Å². The molecule has 0 bridgehead atoms. The number of nitrogens with one attached hydrogen (secondary N) is 2. The van der Waals surface area contributed by atoms with Gasteiger partial charge in [-0.25, -0.2) is 9.59 Å². The molecule has 0 unspecified atom stereocenters. The summed E-state index contributed by atoms with van der Waals surface area (Å²) >= 11 is 1.98. The van der Waals surface area contributed by atoms with Gasteiger partial charge in [0.2, 0.25) is 5.91 Å². The summed E-state index contributed by atoms with van der Waals surface area (Å²) in [6, 6.07) is 28.9. The second-order valence-corrected chi connectivity index (χ2v) is 11.2. The Morgan fingerprint density at radius 3 is 2.14 bits per heavy atom. The first-order valence-electron chi connectivity index (χ1n) is 13.4. The van der Waals surface area contributed by atoms with Crippen molar-refractivity contribution in [2.75, 3.05) is 11.9 Å². The average Bonchev–Trinajstić information content (AvgIpc) is 3.31. The standard InChI is InChI=1S/C33H29IN2O6/c1-20(41-18-21-9-3-2-4-10-21)30(31(37)35-24-16-22(32(38)39)15-23(34)17-24)36-33(40)42-19-29-27-13-7-5-11-25(27)26-12-6-8-14-28(26)29/h2-17,20,29-30H,18-19H2,1H3,(H,35,37)(H,36,40)(H,38,39)/t20-,30+/m0/s1. The summed E-state index contributed by atoms with van der Waals surface area (Å²) in [6.07, 6.45) is -1.51. The minimum atomic E-state index is -1.13. The molecule has 2 atom stereocenters. The van der Waals surface area contributed by atoms with Crippen LogP contribution < -0.4 is 10.6 Å². The first kappa shape index (κ1) is 29.3. The normalized spacial score (nSPS) is 13.4. The van der Waals surface area contributed by atoms with Gasteiger partial charge in [-0.05, 0) is 75.5 Å². The van der Waals surface area contributed by atoms with Gasteiger partial charge in [-0.2, -0.15) is 0 Å². The Bertz CT molecular complexity index is 1560. The number of carbonyl (C=O) groups excluding carboxylic acids is 2. The lowest BCUT2D eigenvalue weighted by Crippen LogP contribution is -2.51. The van der Waals surface area contributed by atoms with Gasteiger partial charge < -0.3 is 25.2 Å². The fourth-order valence-electron chi connectivity index (χ4n) is 5.07. The number of halogens is 1. The SMILES string of the molecule is C[C@H](OCc1ccccc1)[C@@H](NC(=O)OCC1c2ccccc2-c2ccccc21)C(=O)Nc1cc(I)cc(C(=O)O)c1. The van der Waals surface area contributed by atoms with Crippen LogP contribution in [0.3, 0.4) is 0 Å². The van der Waals surface area contributed by atoms with Crippen LogP contribution in [0.4, 0.5) is 10.5 Å². The van der Waals surface area contributed by atoms with Crippen LogP contribution in [0.15, 0.2) is 97.1 Å². The molecule has 0 aromatic heterocycles. The first-order chi connectivity index (χ1) is 20.3. The van der Waals surface area contributed by atoms with Crippen molar-refractivity contribution in [2.45, 2.75) is 31.6 Å². The van der Waals surface area contributed by atoms with E-state index >= 15 is 0 Å². The van der Waals surface area contributed by atoms with Gasteiger partial charge in [0, 0.05) is 15.2 Å². The van der Waals surface area contributed by atoms with Crippen molar-refractivity contribution in [1.29, 1.82) is 0 Å². The third-order valence-corrected chi connectivity index (χ3v) is 7.76. The zero-order valence-electron chi connectivity index (χ0n) is 22.8. The molecular weight excluding hydrogens is 647 g/mol. The highest BCUT2D eigenvalue weighted by Gasteiger charge is 2.32. The highest BCUT2D eigenvalue weighted by molar-refractivity contribution is 14.1. The van der Waals surface area contributed by atoms with Crippen molar-refractivity contribution in [3.8, 4) is 11.1 Å². The first-order valence-corrected chi connectivity index (χ1v) is 14.5. The van der Waals surface area contributed by atoms with Crippen LogP contribution in [0, 0.1) is 3.57 Å². The van der Waals surface area contributed by atoms with E-state index in [2.05, 4.69) is 22.8 Å². The van der Waals surface area contributed by atoms with Crippen molar-refractivity contribution in [3.63, 3.8) is 0 Å². The molecular formula is C33H29IN2O6. The molecule has 214 valence electrons. The zero-order chi connectivity index (χ0) is 29.6. The van der Waals surface area contributed by atoms with Crippen molar-refractivity contribution >= 4 is 46.2 Å². The van der Waals surface area contributed by atoms with Gasteiger partial charge >= 0.3 is 12.1 Å². The maximum atomic E-state index is 13.5. The van der Waals surface area contributed by atoms with Crippen LogP contribution in [-0.2, 0) is 20.9 Å². The molecule has 5 rings (SSSR count). The third-order valence-electron chi connectivity index (χ3n) is 7.14. The van der Waals surface area contributed by atoms with E-state index < -0.39 is 30.1 Å². The zero-order valence-corrected chi connectivity index (χ0v) is 24.9. The maximum Gasteiger partial charge on any atom is 0.407 e. The van der Waals surface area contributed by atoms with Crippen LogP contribution in [0.1, 0.15) is 39.9 Å². The van der Waals surface area contributed by atoms with Gasteiger partial charge in [-0.15, -0.1) is 0 Å². The fourth-order valence-corrected chi connectivity index (χ4v) is 5.74. The quantitative estimate of drug-likeness (QED) is 0.167. The molecule has 0 radical (unpaired) electrons. The van der Waals surface area contributed by atoms with Crippen LogP contribution in [-0.4, -0.2) is 41.8 Å². The summed E-state index contributed by atoms with van der Waals surface area (Å²) < 4.78 is 12.3. The minimum absolute atomic E-state index is 0.0339. The molecule has 0 aliphatic heterocycles. The second kappa shape index (κ2) is 13.2. The summed E-state index contributed by atoms with van der Waals surface area (Å²) in [5.74, 6) is -1.82. The van der Waals surface area contributed by atoms with Gasteiger partial charge in [-0.3, -0.25) is 4.79 Å². The Hall–Kier alpha value is -4.22. The molecule has 0 heterocycles. The van der Waals surface area contributed by atoms with Crippen LogP contribution in [0.5, 0.6) is 0 Å². The van der Waals surface area contributed by atoms with E-state index in [4.69, 9.17) is 9.47 Å². The van der Waals surface area contributed by atoms with Crippen molar-refractivity contribution in [1.82, 2.24) is 5.32 Å². The molecule has 4 aromatic rings. The largest absolute Gasteiger partial charge is 0.478 e. The molecule has 0 saturated heterocycles. The lowest BCUT2D eigenvalue weighted by molar-refractivity contribution is -0.121. The van der Waals surface area contributed by atoms with Gasteiger partial charge in [0.15, 0.2) is 0 Å². The number of fused-ring (bicyclic) bond motifs is 3. The van der Waals surface area contributed by atoms with Crippen molar-refractivity contribution in [2.24, 2.45) is 0 Å². The van der Waals surface area contributed by atoms with E-state index in [1.807, 2.05) is 89.3 Å². The van der Waals surface area contributed by atoms with Crippen LogP contribution in [0.2, 0.25) is 0 Å². The van der Waals surface area contributed by atoms with Crippen molar-refractivity contribution < 1.29 is 29.0 Å². The highest BCUT2D eigenvalue weighted by Crippen LogP contribution is 2.44. The number of alkyl carbamates (subject to hydrolysis) is 1. The van der Waals surface area contributed by atoms with Gasteiger partial charge in [0.1, 0.15) is 12.6 Å². The van der Waals surface area contributed by atoms with Crippen LogP contribution in [0.25, 0.3) is 11.1 Å². The summed E-state index contributed by atoms with van der Waals surface area (Å²) in [5, 5.41) is 14.8. The number of rotatable bonds is 10.